The van der Waals surface area contributed by atoms with E-state index in [1.165, 1.54) is 36.3 Å². The van der Waals surface area contributed by atoms with Crippen molar-refractivity contribution in [3.63, 3.8) is 0 Å². The molecule has 3 aromatic carbocycles. The van der Waals surface area contributed by atoms with Gasteiger partial charge in [-0.25, -0.2) is 13.4 Å². The number of rotatable bonds is 4. The van der Waals surface area contributed by atoms with Gasteiger partial charge in [-0.3, -0.25) is 0 Å². The lowest BCUT2D eigenvalue weighted by Crippen LogP contribution is -2.03. The van der Waals surface area contributed by atoms with Crippen LogP contribution in [0, 0.1) is 6.92 Å². The van der Waals surface area contributed by atoms with E-state index in [0.717, 1.165) is 16.3 Å². The van der Waals surface area contributed by atoms with E-state index >= 15 is 0 Å². The largest absolute Gasteiger partial charge is 0.307 e. The van der Waals surface area contributed by atoms with Gasteiger partial charge in [-0.2, -0.15) is 0 Å². The van der Waals surface area contributed by atoms with E-state index in [1.807, 2.05) is 49.3 Å². The summed E-state index contributed by atoms with van der Waals surface area (Å²) in [6.45, 7) is 8.14. The first-order valence-electron chi connectivity index (χ1n) is 10.1. The molecule has 168 valence electrons. The Balaban J connectivity index is 0.000000547. The van der Waals surface area contributed by atoms with Crippen LogP contribution in [0.4, 0.5) is 0 Å². The van der Waals surface area contributed by atoms with Crippen molar-refractivity contribution in [3.8, 4) is 10.6 Å². The fourth-order valence-electron chi connectivity index (χ4n) is 2.80. The predicted molar refractivity (Wildman–Crippen MR) is 134 cm³/mol. The number of halogens is 1. The number of thiazole rings is 1. The second-order valence-electron chi connectivity index (χ2n) is 6.90. The molecule has 4 nitrogen and oxygen atoms in total. The lowest BCUT2D eigenvalue weighted by Gasteiger charge is -2.03. The van der Waals surface area contributed by atoms with Crippen LogP contribution in [0.5, 0.6) is 0 Å². The molecule has 0 bridgehead atoms. The molecule has 0 spiro atoms. The first-order valence-corrected chi connectivity index (χ1v) is 12.8. The van der Waals surface area contributed by atoms with E-state index in [-0.39, 0.29) is 9.92 Å². The van der Waals surface area contributed by atoms with Gasteiger partial charge in [0.2, 0.25) is 9.84 Å². The molecular formula is C25H26ClNO3S2. The van der Waals surface area contributed by atoms with Gasteiger partial charge in [-0.1, -0.05) is 74.7 Å². The van der Waals surface area contributed by atoms with Crippen molar-refractivity contribution in [2.24, 2.45) is 0 Å². The minimum Gasteiger partial charge on any atom is -0.307 e. The van der Waals surface area contributed by atoms with Crippen LogP contribution in [0.25, 0.3) is 21.3 Å². The maximum atomic E-state index is 12.9. The van der Waals surface area contributed by atoms with Crippen LogP contribution >= 0.6 is 22.9 Å². The number of fused-ring (bicyclic) bond motifs is 1. The minimum absolute atomic E-state index is 0.105. The lowest BCUT2D eigenvalue weighted by molar-refractivity contribution is -0.0979. The van der Waals surface area contributed by atoms with E-state index in [9.17, 15) is 8.42 Å². The SMILES string of the molecule is C=O.CCCC.Cc1sc(-c2ccc3ccccc3c2)nc1S(=O)(=O)c1ccc(Cl)cc1. The van der Waals surface area contributed by atoms with E-state index < -0.39 is 9.84 Å². The summed E-state index contributed by atoms with van der Waals surface area (Å²) in [6, 6.07) is 20.2. The predicted octanol–water partition coefficient (Wildman–Crippen LogP) is 7.38. The van der Waals surface area contributed by atoms with Crippen molar-refractivity contribution in [2.45, 2.75) is 43.5 Å². The average Bonchev–Trinajstić information content (AvgIpc) is 3.23. The van der Waals surface area contributed by atoms with Crippen LogP contribution in [-0.2, 0) is 14.6 Å². The van der Waals surface area contributed by atoms with E-state index in [1.54, 1.807) is 19.1 Å². The quantitative estimate of drug-likeness (QED) is 0.301. The molecule has 0 aliphatic heterocycles. The molecule has 0 atom stereocenters. The maximum Gasteiger partial charge on any atom is 0.224 e. The van der Waals surface area contributed by atoms with Crippen LogP contribution < -0.4 is 0 Å². The van der Waals surface area contributed by atoms with Gasteiger partial charge >= 0.3 is 0 Å². The molecule has 0 radical (unpaired) electrons. The zero-order valence-electron chi connectivity index (χ0n) is 18.3. The summed E-state index contributed by atoms with van der Waals surface area (Å²) in [6.07, 6.45) is 2.64. The molecule has 0 aliphatic rings. The molecule has 0 unspecified atom stereocenters. The zero-order chi connectivity index (χ0) is 23.7. The Labute approximate surface area is 198 Å². The summed E-state index contributed by atoms with van der Waals surface area (Å²) in [4.78, 5) is 13.3. The standard InChI is InChI=1S/C20H14ClNO2S2.C4H10.CH2O/c1-13-20(26(23,24)18-10-8-17(21)9-11-18)22-19(25-13)16-7-6-14-4-2-3-5-15(14)12-16;1-3-4-2;1-2/h2-12H,1H3;3-4H2,1-2H3;1H2. The number of unbranched alkanes of at least 4 members (excludes halogenated alkanes) is 1. The molecule has 0 aliphatic carbocycles. The summed E-state index contributed by atoms with van der Waals surface area (Å²) in [7, 11) is -3.68. The van der Waals surface area contributed by atoms with Gasteiger partial charge in [-0.15, -0.1) is 11.3 Å². The topological polar surface area (TPSA) is 64.1 Å². The third-order valence-corrected chi connectivity index (χ3v) is 7.83. The van der Waals surface area contributed by atoms with Crippen LogP contribution in [0.3, 0.4) is 0 Å². The number of aromatic nitrogens is 1. The van der Waals surface area contributed by atoms with E-state index in [4.69, 9.17) is 16.4 Å². The molecule has 4 rings (SSSR count). The summed E-state index contributed by atoms with van der Waals surface area (Å²) in [5, 5.41) is 3.53. The summed E-state index contributed by atoms with van der Waals surface area (Å²) in [5.74, 6) is 0. The summed E-state index contributed by atoms with van der Waals surface area (Å²) >= 11 is 7.25. The van der Waals surface area contributed by atoms with Gasteiger partial charge in [0, 0.05) is 15.5 Å². The van der Waals surface area contributed by atoms with Crippen molar-refractivity contribution < 1.29 is 13.2 Å². The molecule has 7 heteroatoms. The Morgan fingerprint density at radius 2 is 1.50 bits per heavy atom. The molecule has 32 heavy (non-hydrogen) atoms. The maximum absolute atomic E-state index is 12.9. The molecule has 4 aromatic rings. The van der Waals surface area contributed by atoms with Crippen molar-refractivity contribution in [2.75, 3.05) is 0 Å². The number of nitrogens with zero attached hydrogens (tertiary/aromatic N) is 1. The van der Waals surface area contributed by atoms with E-state index in [0.29, 0.717) is 14.9 Å². The lowest BCUT2D eigenvalue weighted by atomic mass is 10.1. The highest BCUT2D eigenvalue weighted by Crippen LogP contribution is 2.34. The van der Waals surface area contributed by atoms with Gasteiger partial charge in [0.1, 0.15) is 11.8 Å². The molecule has 0 amide bonds. The first-order chi connectivity index (χ1) is 15.4. The highest BCUT2D eigenvalue weighted by atomic mass is 35.5. The van der Waals surface area contributed by atoms with E-state index in [2.05, 4.69) is 18.8 Å². The Morgan fingerprint density at radius 1 is 0.906 bits per heavy atom. The number of carbonyl (C=O) groups is 1. The number of carbonyl (C=O) groups excluding carboxylic acids is 1. The average molecular weight is 488 g/mol. The Kier molecular flexibility index (Phi) is 9.57. The molecule has 0 saturated heterocycles. The smallest absolute Gasteiger partial charge is 0.224 e. The highest BCUT2D eigenvalue weighted by Gasteiger charge is 2.24. The van der Waals surface area contributed by atoms with Gasteiger partial charge in [0.15, 0.2) is 5.03 Å². The van der Waals surface area contributed by atoms with Crippen LogP contribution in [0.2, 0.25) is 5.02 Å². The molecular weight excluding hydrogens is 462 g/mol. The highest BCUT2D eigenvalue weighted by molar-refractivity contribution is 7.91. The van der Waals surface area contributed by atoms with Crippen LogP contribution in [0.1, 0.15) is 31.6 Å². The third kappa shape index (κ3) is 6.03. The second kappa shape index (κ2) is 11.9. The normalized spacial score (nSPS) is 10.6. The Hall–Kier alpha value is -2.54. The summed E-state index contributed by atoms with van der Waals surface area (Å²) in [5.41, 5.74) is 0.911. The number of hydrogen-bond donors (Lipinski definition) is 0. The monoisotopic (exact) mass is 487 g/mol. The molecule has 1 heterocycles. The van der Waals surface area contributed by atoms with Crippen molar-refractivity contribution in [3.05, 3.63) is 76.6 Å². The van der Waals surface area contributed by atoms with Crippen LogP contribution in [-0.4, -0.2) is 20.2 Å². The van der Waals surface area contributed by atoms with Gasteiger partial charge in [0.05, 0.1) is 4.90 Å². The van der Waals surface area contributed by atoms with Crippen LogP contribution in [0.15, 0.2) is 76.7 Å². The molecule has 0 N–H and O–H groups in total. The molecule has 0 fully saturated rings. The first kappa shape index (κ1) is 25.7. The van der Waals surface area contributed by atoms with Gasteiger partial charge in [0.25, 0.3) is 0 Å². The number of hydrogen-bond acceptors (Lipinski definition) is 5. The second-order valence-corrected chi connectivity index (χ2v) is 10.4. The molecule has 1 aromatic heterocycles. The number of sulfone groups is 1. The fourth-order valence-corrected chi connectivity index (χ4v) is 5.55. The van der Waals surface area contributed by atoms with Gasteiger partial charge in [-0.05, 0) is 48.0 Å². The number of aryl methyl sites for hydroxylation is 1. The fraction of sp³-hybridized carbons (Fsp3) is 0.200. The molecule has 0 saturated carbocycles. The zero-order valence-corrected chi connectivity index (χ0v) is 20.7. The van der Waals surface area contributed by atoms with Crippen molar-refractivity contribution in [1.82, 2.24) is 4.98 Å². The minimum atomic E-state index is -3.68. The van der Waals surface area contributed by atoms with Gasteiger partial charge < -0.3 is 4.79 Å². The Bertz CT molecular complexity index is 1260. The third-order valence-electron chi connectivity index (χ3n) is 4.63. The van der Waals surface area contributed by atoms with Crippen molar-refractivity contribution >= 4 is 50.3 Å². The summed E-state index contributed by atoms with van der Waals surface area (Å²) < 4.78 is 25.8. The number of benzene rings is 3. The Morgan fingerprint density at radius 3 is 2.09 bits per heavy atom. The van der Waals surface area contributed by atoms with Crippen molar-refractivity contribution in [1.29, 1.82) is 0 Å².